The summed E-state index contributed by atoms with van der Waals surface area (Å²) in [7, 11) is -3.21. The van der Waals surface area contributed by atoms with Crippen molar-refractivity contribution in [3.8, 4) is 0 Å². The summed E-state index contributed by atoms with van der Waals surface area (Å²) in [6, 6.07) is 0.240. The molecule has 1 fully saturated rings. The van der Waals surface area contributed by atoms with Gasteiger partial charge in [-0.2, -0.15) is 0 Å². The van der Waals surface area contributed by atoms with Crippen molar-refractivity contribution in [1.29, 1.82) is 0 Å². The molecular weight excluding hydrogens is 300 g/mol. The number of nitrogens with one attached hydrogen (secondary N) is 1. The maximum Gasteiger partial charge on any atom is 0.211 e. The summed E-state index contributed by atoms with van der Waals surface area (Å²) in [4.78, 5) is 2.33. The molecule has 0 saturated carbocycles. The van der Waals surface area contributed by atoms with E-state index in [0.29, 0.717) is 24.8 Å². The molecule has 1 atom stereocenters. The van der Waals surface area contributed by atoms with Crippen molar-refractivity contribution in [1.82, 2.24) is 9.62 Å². The van der Waals surface area contributed by atoms with E-state index in [2.05, 4.69) is 23.5 Å². The average Bonchev–Trinajstić information content (AvgIpc) is 2.42. The van der Waals surface area contributed by atoms with Crippen molar-refractivity contribution in [2.24, 2.45) is 5.92 Å². The Morgan fingerprint density at radius 1 is 1.30 bits per heavy atom. The van der Waals surface area contributed by atoms with Gasteiger partial charge in [-0.15, -0.1) is 11.6 Å². The van der Waals surface area contributed by atoms with Gasteiger partial charge in [0.1, 0.15) is 0 Å². The molecule has 120 valence electrons. The Kier molecular flexibility index (Phi) is 8.36. The zero-order chi connectivity index (χ0) is 15.0. The Morgan fingerprint density at radius 3 is 2.50 bits per heavy atom. The van der Waals surface area contributed by atoms with Crippen molar-refractivity contribution in [2.75, 3.05) is 44.5 Å². The van der Waals surface area contributed by atoms with Crippen LogP contribution in [0, 0.1) is 5.92 Å². The number of hydrogen-bond donors (Lipinski definition) is 1. The summed E-state index contributed by atoms with van der Waals surface area (Å²) in [6.07, 6.45) is 1.47. The van der Waals surface area contributed by atoms with Crippen molar-refractivity contribution < 1.29 is 13.2 Å². The third-order valence-corrected chi connectivity index (χ3v) is 5.09. The van der Waals surface area contributed by atoms with E-state index in [1.54, 1.807) is 0 Å². The Hall–Kier alpha value is 0.120. The third kappa shape index (κ3) is 7.22. The fourth-order valence-electron chi connectivity index (χ4n) is 2.39. The molecule has 1 aliphatic heterocycles. The first-order chi connectivity index (χ1) is 9.44. The number of nitrogens with zero attached hydrogens (tertiary/aromatic N) is 1. The lowest BCUT2D eigenvalue weighted by atomic mass is 10.0. The fourth-order valence-corrected chi connectivity index (χ4v) is 3.80. The smallest absolute Gasteiger partial charge is 0.211 e. The molecule has 20 heavy (non-hydrogen) atoms. The number of ether oxygens (including phenoxy) is 1. The second kappa shape index (κ2) is 9.20. The summed E-state index contributed by atoms with van der Waals surface area (Å²) in [5.41, 5.74) is 0. The summed E-state index contributed by atoms with van der Waals surface area (Å²) < 4.78 is 31.8. The van der Waals surface area contributed by atoms with Crippen LogP contribution in [0.1, 0.15) is 26.7 Å². The monoisotopic (exact) mass is 326 g/mol. The second-order valence-corrected chi connectivity index (χ2v) is 7.95. The molecule has 1 heterocycles. The standard InChI is InChI=1S/C13H27ClN2O3S/c1-12(2)10-13(16-5-7-19-8-6-16)11-15-20(17,18)9-3-4-14/h12-13,15H,3-11H2,1-2H3. The van der Waals surface area contributed by atoms with Gasteiger partial charge in [-0.1, -0.05) is 13.8 Å². The van der Waals surface area contributed by atoms with E-state index in [9.17, 15) is 8.42 Å². The second-order valence-electron chi connectivity index (χ2n) is 5.64. The van der Waals surface area contributed by atoms with E-state index in [0.717, 1.165) is 32.7 Å². The maximum atomic E-state index is 11.8. The van der Waals surface area contributed by atoms with Gasteiger partial charge in [0.2, 0.25) is 10.0 Å². The van der Waals surface area contributed by atoms with E-state index in [-0.39, 0.29) is 11.8 Å². The maximum absolute atomic E-state index is 11.8. The highest BCUT2D eigenvalue weighted by molar-refractivity contribution is 7.89. The predicted molar refractivity (Wildman–Crippen MR) is 82.8 cm³/mol. The van der Waals surface area contributed by atoms with Crippen LogP contribution in [-0.2, 0) is 14.8 Å². The number of morpholine rings is 1. The molecule has 1 saturated heterocycles. The molecule has 0 amide bonds. The molecule has 5 nitrogen and oxygen atoms in total. The van der Waals surface area contributed by atoms with Crippen LogP contribution in [0.3, 0.4) is 0 Å². The molecule has 1 aliphatic rings. The molecule has 0 radical (unpaired) electrons. The van der Waals surface area contributed by atoms with Crippen LogP contribution in [0.5, 0.6) is 0 Å². The highest BCUT2D eigenvalue weighted by Gasteiger charge is 2.23. The van der Waals surface area contributed by atoms with Gasteiger partial charge in [0.25, 0.3) is 0 Å². The van der Waals surface area contributed by atoms with Crippen LogP contribution in [0.25, 0.3) is 0 Å². The van der Waals surface area contributed by atoms with Gasteiger partial charge in [0.05, 0.1) is 19.0 Å². The topological polar surface area (TPSA) is 58.6 Å². The summed E-state index contributed by atoms with van der Waals surface area (Å²) >= 11 is 5.55. The summed E-state index contributed by atoms with van der Waals surface area (Å²) in [5.74, 6) is 1.02. The van der Waals surface area contributed by atoms with Gasteiger partial charge < -0.3 is 4.74 Å². The minimum absolute atomic E-state index is 0.105. The van der Waals surface area contributed by atoms with E-state index in [1.165, 1.54) is 0 Å². The zero-order valence-electron chi connectivity index (χ0n) is 12.5. The van der Waals surface area contributed by atoms with Crippen molar-refractivity contribution in [3.63, 3.8) is 0 Å². The van der Waals surface area contributed by atoms with Gasteiger partial charge >= 0.3 is 0 Å². The van der Waals surface area contributed by atoms with E-state index < -0.39 is 10.0 Å². The van der Waals surface area contributed by atoms with Crippen molar-refractivity contribution in [2.45, 2.75) is 32.7 Å². The molecule has 1 rings (SSSR count). The van der Waals surface area contributed by atoms with Crippen LogP contribution in [0.4, 0.5) is 0 Å². The van der Waals surface area contributed by atoms with Gasteiger partial charge in [-0.25, -0.2) is 13.1 Å². The molecule has 0 aliphatic carbocycles. The molecular formula is C13H27ClN2O3S. The molecule has 0 aromatic heterocycles. The average molecular weight is 327 g/mol. The highest BCUT2D eigenvalue weighted by Crippen LogP contribution is 2.13. The lowest BCUT2D eigenvalue weighted by Gasteiger charge is -2.35. The SMILES string of the molecule is CC(C)CC(CNS(=O)(=O)CCCCl)N1CCOCC1. The van der Waals surface area contributed by atoms with Gasteiger partial charge in [0.15, 0.2) is 0 Å². The number of sulfonamides is 1. The Labute approximate surface area is 128 Å². The fraction of sp³-hybridized carbons (Fsp3) is 1.00. The number of halogens is 1. The zero-order valence-corrected chi connectivity index (χ0v) is 14.0. The third-order valence-electron chi connectivity index (χ3n) is 3.39. The van der Waals surface area contributed by atoms with E-state index >= 15 is 0 Å². The first kappa shape index (κ1) is 18.2. The highest BCUT2D eigenvalue weighted by atomic mass is 35.5. The minimum atomic E-state index is -3.21. The van der Waals surface area contributed by atoms with Gasteiger partial charge in [-0.3, -0.25) is 4.90 Å². The van der Waals surface area contributed by atoms with Crippen LogP contribution >= 0.6 is 11.6 Å². The molecule has 1 N–H and O–H groups in total. The van der Waals surface area contributed by atoms with Crippen LogP contribution in [-0.4, -0.2) is 63.8 Å². The molecule has 1 unspecified atom stereocenters. The van der Waals surface area contributed by atoms with Crippen molar-refractivity contribution in [3.05, 3.63) is 0 Å². The Morgan fingerprint density at radius 2 is 1.95 bits per heavy atom. The van der Waals surface area contributed by atoms with E-state index in [1.807, 2.05) is 0 Å². The quantitative estimate of drug-likeness (QED) is 0.649. The lowest BCUT2D eigenvalue weighted by Crippen LogP contribution is -2.49. The predicted octanol–water partition coefficient (Wildman–Crippen LogP) is 1.28. The van der Waals surface area contributed by atoms with Gasteiger partial charge in [0, 0.05) is 31.6 Å². The molecule has 0 aromatic carbocycles. The Balaban J connectivity index is 2.51. The normalized spacial score (nSPS) is 19.4. The van der Waals surface area contributed by atoms with Crippen LogP contribution in [0.15, 0.2) is 0 Å². The molecule has 0 aromatic rings. The Bertz CT molecular complexity index is 357. The molecule has 7 heteroatoms. The van der Waals surface area contributed by atoms with Crippen LogP contribution in [0.2, 0.25) is 0 Å². The summed E-state index contributed by atoms with van der Waals surface area (Å²) in [6.45, 7) is 8.01. The molecule has 0 spiro atoms. The summed E-state index contributed by atoms with van der Waals surface area (Å²) in [5, 5.41) is 0. The number of hydrogen-bond acceptors (Lipinski definition) is 4. The molecule has 0 bridgehead atoms. The largest absolute Gasteiger partial charge is 0.379 e. The van der Waals surface area contributed by atoms with Crippen LogP contribution < -0.4 is 4.72 Å². The first-order valence-corrected chi connectivity index (χ1v) is 9.48. The van der Waals surface area contributed by atoms with E-state index in [4.69, 9.17) is 16.3 Å². The lowest BCUT2D eigenvalue weighted by molar-refractivity contribution is 0.0134. The number of alkyl halides is 1. The van der Waals surface area contributed by atoms with Gasteiger partial charge in [-0.05, 0) is 18.8 Å². The number of rotatable bonds is 9. The van der Waals surface area contributed by atoms with Crippen molar-refractivity contribution >= 4 is 21.6 Å². The minimum Gasteiger partial charge on any atom is -0.379 e. The first-order valence-electron chi connectivity index (χ1n) is 7.29.